The van der Waals surface area contributed by atoms with Crippen molar-refractivity contribution < 1.29 is 14.3 Å². The first-order chi connectivity index (χ1) is 13.1. The third-order valence-electron chi connectivity index (χ3n) is 6.57. The molecule has 3 aliphatic rings. The Labute approximate surface area is 158 Å². The number of ether oxygens (including phenoxy) is 1. The predicted molar refractivity (Wildman–Crippen MR) is 102 cm³/mol. The van der Waals surface area contributed by atoms with Gasteiger partial charge in [0.2, 0.25) is 5.91 Å². The van der Waals surface area contributed by atoms with E-state index in [1.54, 1.807) is 0 Å². The minimum Gasteiger partial charge on any atom is -0.457 e. The van der Waals surface area contributed by atoms with Crippen LogP contribution in [0.3, 0.4) is 0 Å². The SMILES string of the molecule is CN1CCC[C@@]2(CCN(Cc3ccc4c5c(cccc35)C(=O)OC4)C2)C1=O. The highest BCUT2D eigenvalue weighted by Crippen LogP contribution is 2.40. The summed E-state index contributed by atoms with van der Waals surface area (Å²) < 4.78 is 5.27. The maximum absolute atomic E-state index is 12.8. The largest absolute Gasteiger partial charge is 0.457 e. The number of hydrogen-bond acceptors (Lipinski definition) is 4. The van der Waals surface area contributed by atoms with Crippen molar-refractivity contribution in [1.82, 2.24) is 9.80 Å². The summed E-state index contributed by atoms with van der Waals surface area (Å²) in [5.74, 6) is 0.0807. The smallest absolute Gasteiger partial charge is 0.339 e. The summed E-state index contributed by atoms with van der Waals surface area (Å²) in [5, 5.41) is 2.17. The lowest BCUT2D eigenvalue weighted by atomic mass is 9.78. The molecule has 2 fully saturated rings. The van der Waals surface area contributed by atoms with E-state index in [9.17, 15) is 9.59 Å². The summed E-state index contributed by atoms with van der Waals surface area (Å²) >= 11 is 0. The summed E-state index contributed by atoms with van der Waals surface area (Å²) in [5.41, 5.74) is 2.77. The first-order valence-corrected chi connectivity index (χ1v) is 9.76. The van der Waals surface area contributed by atoms with Crippen molar-refractivity contribution >= 4 is 22.6 Å². The summed E-state index contributed by atoms with van der Waals surface area (Å²) in [6.45, 7) is 3.82. The molecule has 5 heteroatoms. The van der Waals surface area contributed by atoms with Gasteiger partial charge in [-0.1, -0.05) is 24.3 Å². The van der Waals surface area contributed by atoms with Crippen LogP contribution in [-0.4, -0.2) is 48.4 Å². The van der Waals surface area contributed by atoms with Gasteiger partial charge >= 0.3 is 5.97 Å². The van der Waals surface area contributed by atoms with Gasteiger partial charge in [0.05, 0.1) is 11.0 Å². The molecule has 140 valence electrons. The van der Waals surface area contributed by atoms with Crippen LogP contribution in [0.1, 0.15) is 40.7 Å². The Morgan fingerprint density at radius 2 is 2.00 bits per heavy atom. The van der Waals surface area contributed by atoms with Gasteiger partial charge < -0.3 is 9.64 Å². The number of hydrogen-bond donors (Lipinski definition) is 0. The maximum Gasteiger partial charge on any atom is 0.339 e. The number of piperidine rings is 1. The molecule has 1 atom stereocenters. The van der Waals surface area contributed by atoms with Gasteiger partial charge in [-0.15, -0.1) is 0 Å². The molecular formula is C22H24N2O3. The second-order valence-electron chi connectivity index (χ2n) is 8.26. The Bertz CT molecular complexity index is 954. The molecule has 5 rings (SSSR count). The Kier molecular flexibility index (Phi) is 3.76. The van der Waals surface area contributed by atoms with Gasteiger partial charge in [0.25, 0.3) is 0 Å². The van der Waals surface area contributed by atoms with Crippen molar-refractivity contribution in [2.24, 2.45) is 5.41 Å². The van der Waals surface area contributed by atoms with Crippen molar-refractivity contribution in [3.63, 3.8) is 0 Å². The van der Waals surface area contributed by atoms with Crippen molar-refractivity contribution in [2.45, 2.75) is 32.4 Å². The summed E-state index contributed by atoms with van der Waals surface area (Å²) in [6.07, 6.45) is 3.05. The monoisotopic (exact) mass is 364 g/mol. The molecule has 0 bridgehead atoms. The Balaban J connectivity index is 1.45. The van der Waals surface area contributed by atoms with Crippen LogP contribution in [-0.2, 0) is 22.7 Å². The first-order valence-electron chi connectivity index (χ1n) is 9.76. The van der Waals surface area contributed by atoms with Crippen LogP contribution in [0.25, 0.3) is 10.8 Å². The number of likely N-dealkylation sites (tertiary alicyclic amines) is 2. The molecule has 0 radical (unpaired) electrons. The lowest BCUT2D eigenvalue weighted by molar-refractivity contribution is -0.143. The third kappa shape index (κ3) is 2.56. The maximum atomic E-state index is 12.8. The lowest BCUT2D eigenvalue weighted by Gasteiger charge is -2.37. The van der Waals surface area contributed by atoms with Crippen LogP contribution in [0.15, 0.2) is 30.3 Å². The topological polar surface area (TPSA) is 49.9 Å². The number of carbonyl (C=O) groups excluding carboxylic acids is 2. The van der Waals surface area contributed by atoms with E-state index < -0.39 is 0 Å². The van der Waals surface area contributed by atoms with Crippen molar-refractivity contribution in [2.75, 3.05) is 26.7 Å². The van der Waals surface area contributed by atoms with Crippen molar-refractivity contribution in [3.05, 3.63) is 47.0 Å². The zero-order valence-corrected chi connectivity index (χ0v) is 15.7. The molecule has 27 heavy (non-hydrogen) atoms. The van der Waals surface area contributed by atoms with Gasteiger partial charge in [0.1, 0.15) is 6.61 Å². The molecule has 5 nitrogen and oxygen atoms in total. The molecule has 0 aliphatic carbocycles. The average molecular weight is 364 g/mol. The van der Waals surface area contributed by atoms with E-state index in [0.29, 0.717) is 18.1 Å². The molecule has 3 heterocycles. The van der Waals surface area contributed by atoms with Crippen LogP contribution in [0.4, 0.5) is 0 Å². The van der Waals surface area contributed by atoms with Crippen LogP contribution in [0.5, 0.6) is 0 Å². The van der Waals surface area contributed by atoms with Gasteiger partial charge in [0, 0.05) is 32.1 Å². The molecule has 2 saturated heterocycles. The van der Waals surface area contributed by atoms with E-state index in [0.717, 1.165) is 61.8 Å². The van der Waals surface area contributed by atoms with Gasteiger partial charge in [0.15, 0.2) is 0 Å². The number of esters is 1. The molecule has 1 amide bonds. The summed E-state index contributed by atoms with van der Waals surface area (Å²) in [6, 6.07) is 10.1. The second kappa shape index (κ2) is 6.06. The standard InChI is InChI=1S/C22H24N2O3/c1-23-10-3-8-22(21(23)26)9-11-24(14-22)12-15-6-7-16-13-27-20(25)18-5-2-4-17(15)19(16)18/h2,4-7H,3,8-14H2,1H3/t22-/m0/s1. The highest BCUT2D eigenvalue weighted by molar-refractivity contribution is 6.08. The van der Waals surface area contributed by atoms with E-state index in [1.807, 2.05) is 24.1 Å². The molecule has 0 aromatic heterocycles. The minimum atomic E-state index is -0.235. The van der Waals surface area contributed by atoms with Gasteiger partial charge in [-0.3, -0.25) is 9.69 Å². The summed E-state index contributed by atoms with van der Waals surface area (Å²) in [7, 11) is 1.93. The Hall–Kier alpha value is -2.40. The highest BCUT2D eigenvalue weighted by Gasteiger charge is 2.47. The van der Waals surface area contributed by atoms with Gasteiger partial charge in [-0.05, 0) is 48.4 Å². The number of cyclic esters (lactones) is 1. The lowest BCUT2D eigenvalue weighted by Crippen LogP contribution is -2.48. The first kappa shape index (κ1) is 16.8. The fraction of sp³-hybridized carbons (Fsp3) is 0.455. The van der Waals surface area contributed by atoms with Gasteiger partial charge in [-0.25, -0.2) is 4.79 Å². The second-order valence-corrected chi connectivity index (χ2v) is 8.26. The van der Waals surface area contributed by atoms with E-state index >= 15 is 0 Å². The minimum absolute atomic E-state index is 0.191. The van der Waals surface area contributed by atoms with Crippen LogP contribution < -0.4 is 0 Å². The van der Waals surface area contributed by atoms with E-state index in [-0.39, 0.29) is 11.4 Å². The van der Waals surface area contributed by atoms with Crippen molar-refractivity contribution in [3.8, 4) is 0 Å². The Morgan fingerprint density at radius 3 is 2.89 bits per heavy atom. The molecule has 0 unspecified atom stereocenters. The summed E-state index contributed by atoms with van der Waals surface area (Å²) in [4.78, 5) is 29.2. The van der Waals surface area contributed by atoms with Gasteiger partial charge in [-0.2, -0.15) is 0 Å². The fourth-order valence-electron chi connectivity index (χ4n) is 5.17. The normalized spacial score (nSPS) is 25.4. The van der Waals surface area contributed by atoms with Crippen molar-refractivity contribution in [1.29, 1.82) is 0 Å². The average Bonchev–Trinajstić information content (AvgIpc) is 3.08. The van der Waals surface area contributed by atoms with E-state index in [1.165, 1.54) is 5.56 Å². The quantitative estimate of drug-likeness (QED) is 0.769. The molecule has 2 aromatic carbocycles. The molecule has 1 spiro atoms. The zero-order valence-electron chi connectivity index (χ0n) is 15.7. The molecule has 0 saturated carbocycles. The molecular weight excluding hydrogens is 340 g/mol. The number of carbonyl (C=O) groups is 2. The number of benzene rings is 2. The van der Waals surface area contributed by atoms with E-state index in [2.05, 4.69) is 23.1 Å². The molecule has 0 N–H and O–H groups in total. The fourth-order valence-corrected chi connectivity index (χ4v) is 5.17. The number of nitrogens with zero attached hydrogens (tertiary/aromatic N) is 2. The highest BCUT2D eigenvalue weighted by atomic mass is 16.5. The van der Waals surface area contributed by atoms with Crippen LogP contribution in [0.2, 0.25) is 0 Å². The predicted octanol–water partition coefficient (Wildman–Crippen LogP) is 2.95. The van der Waals surface area contributed by atoms with Crippen LogP contribution in [0, 0.1) is 5.41 Å². The number of amides is 1. The van der Waals surface area contributed by atoms with Crippen LogP contribution >= 0.6 is 0 Å². The van der Waals surface area contributed by atoms with E-state index in [4.69, 9.17) is 4.74 Å². The molecule has 2 aromatic rings. The number of rotatable bonds is 2. The zero-order chi connectivity index (χ0) is 18.6. The third-order valence-corrected chi connectivity index (χ3v) is 6.57. The Morgan fingerprint density at radius 1 is 1.11 bits per heavy atom. The molecule has 3 aliphatic heterocycles.